The molecule has 0 amide bonds. The van der Waals surface area contributed by atoms with Gasteiger partial charge in [-0.05, 0) is 114 Å². The highest BCUT2D eigenvalue weighted by atomic mass is 32.1. The van der Waals surface area contributed by atoms with E-state index in [2.05, 4.69) is 196 Å². The summed E-state index contributed by atoms with van der Waals surface area (Å²) in [4.78, 5) is 0. The van der Waals surface area contributed by atoms with Crippen molar-refractivity contribution < 1.29 is 0 Å². The van der Waals surface area contributed by atoms with Crippen LogP contribution in [-0.4, -0.2) is 0 Å². The van der Waals surface area contributed by atoms with Crippen molar-refractivity contribution >= 4 is 117 Å². The van der Waals surface area contributed by atoms with E-state index in [0.717, 1.165) is 0 Å². The summed E-state index contributed by atoms with van der Waals surface area (Å²) >= 11 is 3.84. The third-order valence-electron chi connectivity index (χ3n) is 12.5. The fourth-order valence-electron chi connectivity index (χ4n) is 9.78. The van der Waals surface area contributed by atoms with Gasteiger partial charge < -0.3 is 0 Å². The van der Waals surface area contributed by atoms with Crippen molar-refractivity contribution in [3.8, 4) is 11.1 Å². The van der Waals surface area contributed by atoms with Gasteiger partial charge in [-0.25, -0.2) is 0 Å². The lowest BCUT2D eigenvalue weighted by atomic mass is 9.84. The van der Waals surface area contributed by atoms with Crippen molar-refractivity contribution in [1.29, 1.82) is 0 Å². The molecule has 0 spiro atoms. The lowest BCUT2D eigenvalue weighted by Crippen LogP contribution is -2.28. The second-order valence-corrected chi connectivity index (χ2v) is 17.7. The molecule has 0 fully saturated rings. The van der Waals surface area contributed by atoms with Crippen molar-refractivity contribution in [2.24, 2.45) is 0 Å². The lowest BCUT2D eigenvalue weighted by molar-refractivity contribution is 1.41. The summed E-state index contributed by atoms with van der Waals surface area (Å²) in [7, 11) is 0. The maximum atomic E-state index is 2.43. The summed E-state index contributed by atoms with van der Waals surface area (Å²) in [5.74, 6) is 0. The molecule has 2 heteroatoms. The minimum absolute atomic E-state index is 1.26. The zero-order valence-corrected chi connectivity index (χ0v) is 33.8. The second-order valence-electron chi connectivity index (χ2n) is 15.6. The van der Waals surface area contributed by atoms with E-state index >= 15 is 0 Å². The van der Waals surface area contributed by atoms with Crippen molar-refractivity contribution in [2.45, 2.75) is 13.8 Å². The molecular weight excluding hydrogens is 737 g/mol. The summed E-state index contributed by atoms with van der Waals surface area (Å²) < 4.78 is 5.41. The summed E-state index contributed by atoms with van der Waals surface area (Å²) in [6.07, 6.45) is 0. The molecule has 0 N–H and O–H groups in total. The Kier molecular flexibility index (Phi) is 7.51. The lowest BCUT2D eigenvalue weighted by Gasteiger charge is -2.19. The van der Waals surface area contributed by atoms with E-state index in [0.29, 0.717) is 0 Å². The van der Waals surface area contributed by atoms with Crippen LogP contribution in [0.15, 0.2) is 182 Å². The van der Waals surface area contributed by atoms with E-state index in [1.165, 1.54) is 127 Å². The van der Waals surface area contributed by atoms with E-state index in [9.17, 15) is 0 Å². The standard InChI is InChI=1S/C56H36S2/c1-33(37-27-30-48-51(32-37)57-50-31-28-36-26-29-47-41-19-11-12-25-49(41)58-56(47)53(36)55(48)50)38-16-5-6-17-39(38)34(2)52-43-20-7-9-22-45(43)54(46-23-10-8-21-44(46)52)42-24-13-15-35-14-3-4-18-40(35)42/h3-32H,1-2H3/b38-33+,39-34+. The molecule has 2 aromatic heterocycles. The first kappa shape index (κ1) is 33.5. The Morgan fingerprint density at radius 3 is 1.74 bits per heavy atom. The first-order valence-corrected chi connectivity index (χ1v) is 21.6. The SMILES string of the molecule is C/C(c1ccc2c(c1)sc1ccc3ccc4c5ccccc5sc4c3c12)=c1/cccc/c1=C(/C)c1c2ccccc2c(-c2cccc3ccccc23)c2ccccc12. The molecule has 0 nitrogen and oxygen atoms in total. The summed E-state index contributed by atoms with van der Waals surface area (Å²) in [6, 6.07) is 67.8. The van der Waals surface area contributed by atoms with Crippen molar-refractivity contribution in [1.82, 2.24) is 0 Å². The van der Waals surface area contributed by atoms with Crippen LogP contribution < -0.4 is 10.4 Å². The van der Waals surface area contributed by atoms with Gasteiger partial charge in [0.25, 0.3) is 0 Å². The molecule has 0 saturated heterocycles. The highest BCUT2D eigenvalue weighted by molar-refractivity contribution is 7.28. The zero-order chi connectivity index (χ0) is 38.5. The van der Waals surface area contributed by atoms with Crippen LogP contribution >= 0.6 is 22.7 Å². The predicted molar refractivity (Wildman–Crippen MR) is 256 cm³/mol. The first-order valence-electron chi connectivity index (χ1n) is 20.0. The number of rotatable bonds is 3. The molecule has 10 aromatic carbocycles. The second kappa shape index (κ2) is 13.0. The van der Waals surface area contributed by atoms with Gasteiger partial charge in [-0.3, -0.25) is 0 Å². The highest BCUT2D eigenvalue weighted by Gasteiger charge is 2.19. The largest absolute Gasteiger partial charge is 0.135 e. The molecule has 0 radical (unpaired) electrons. The van der Waals surface area contributed by atoms with Crippen molar-refractivity contribution in [2.75, 3.05) is 0 Å². The van der Waals surface area contributed by atoms with Gasteiger partial charge in [-0.15, -0.1) is 22.7 Å². The molecule has 0 atom stereocenters. The Bertz CT molecular complexity index is 3760. The Balaban J connectivity index is 1.10. The Hall–Kier alpha value is -6.58. The van der Waals surface area contributed by atoms with Crippen LogP contribution in [0.1, 0.15) is 25.0 Å². The molecule has 0 saturated carbocycles. The molecule has 58 heavy (non-hydrogen) atoms. The van der Waals surface area contributed by atoms with Gasteiger partial charge in [0.05, 0.1) is 0 Å². The van der Waals surface area contributed by atoms with Gasteiger partial charge in [-0.2, -0.15) is 0 Å². The monoisotopic (exact) mass is 772 g/mol. The molecule has 272 valence electrons. The fraction of sp³-hybridized carbons (Fsp3) is 0.0357. The average Bonchev–Trinajstić information content (AvgIpc) is 3.86. The van der Waals surface area contributed by atoms with E-state index in [-0.39, 0.29) is 0 Å². The minimum atomic E-state index is 1.26. The van der Waals surface area contributed by atoms with Crippen LogP contribution in [0.25, 0.3) is 106 Å². The third kappa shape index (κ3) is 4.92. The summed E-state index contributed by atoms with van der Waals surface area (Å²) in [6.45, 7) is 4.63. The van der Waals surface area contributed by atoms with Crippen molar-refractivity contribution in [3.63, 3.8) is 0 Å². The first-order chi connectivity index (χ1) is 28.6. The summed E-state index contributed by atoms with van der Waals surface area (Å²) in [5, 5.41) is 18.3. The highest BCUT2D eigenvalue weighted by Crippen LogP contribution is 2.46. The van der Waals surface area contributed by atoms with Crippen LogP contribution in [-0.2, 0) is 0 Å². The Labute approximate surface area is 343 Å². The summed E-state index contributed by atoms with van der Waals surface area (Å²) in [5.41, 5.74) is 7.71. The van der Waals surface area contributed by atoms with E-state index in [4.69, 9.17) is 0 Å². The molecule has 12 aromatic rings. The zero-order valence-electron chi connectivity index (χ0n) is 32.1. The Morgan fingerprint density at radius 1 is 0.362 bits per heavy atom. The number of hydrogen-bond acceptors (Lipinski definition) is 2. The van der Waals surface area contributed by atoms with Gasteiger partial charge in [0.2, 0.25) is 0 Å². The van der Waals surface area contributed by atoms with Crippen LogP contribution in [0.4, 0.5) is 0 Å². The Morgan fingerprint density at radius 2 is 0.966 bits per heavy atom. The number of thiophene rings is 2. The fourth-order valence-corrected chi connectivity index (χ4v) is 12.2. The van der Waals surface area contributed by atoms with Gasteiger partial charge >= 0.3 is 0 Å². The van der Waals surface area contributed by atoms with Crippen LogP contribution in [0.5, 0.6) is 0 Å². The third-order valence-corrected chi connectivity index (χ3v) is 14.8. The van der Waals surface area contributed by atoms with Crippen molar-refractivity contribution in [3.05, 3.63) is 204 Å². The van der Waals surface area contributed by atoms with Gasteiger partial charge in [0, 0.05) is 45.7 Å². The topological polar surface area (TPSA) is 0 Å². The smallest absolute Gasteiger partial charge is 0.0440 e. The molecular formula is C56H36S2. The van der Waals surface area contributed by atoms with E-state index < -0.39 is 0 Å². The number of hydrogen-bond donors (Lipinski definition) is 0. The van der Waals surface area contributed by atoms with Crippen LogP contribution in [0, 0.1) is 0 Å². The molecule has 0 aliphatic heterocycles. The van der Waals surface area contributed by atoms with Gasteiger partial charge in [-0.1, -0.05) is 164 Å². The maximum Gasteiger partial charge on any atom is 0.0440 e. The normalized spacial score (nSPS) is 13.2. The molecule has 12 rings (SSSR count). The molecule has 0 bridgehead atoms. The number of benzene rings is 10. The maximum absolute atomic E-state index is 2.43. The van der Waals surface area contributed by atoms with Crippen LogP contribution in [0.3, 0.4) is 0 Å². The minimum Gasteiger partial charge on any atom is -0.135 e. The molecule has 2 heterocycles. The number of fused-ring (bicyclic) bond motifs is 12. The predicted octanol–water partition coefficient (Wildman–Crippen LogP) is 15.1. The molecule has 0 aliphatic rings. The van der Waals surface area contributed by atoms with Gasteiger partial charge in [0.15, 0.2) is 0 Å². The van der Waals surface area contributed by atoms with Gasteiger partial charge in [0.1, 0.15) is 0 Å². The van der Waals surface area contributed by atoms with E-state index in [1.807, 2.05) is 22.7 Å². The van der Waals surface area contributed by atoms with E-state index in [1.54, 1.807) is 0 Å². The quantitative estimate of drug-likeness (QED) is 0.157. The average molecular weight is 773 g/mol. The molecule has 0 aliphatic carbocycles. The molecule has 0 unspecified atom stereocenters. The van der Waals surface area contributed by atoms with Crippen LogP contribution in [0.2, 0.25) is 0 Å².